The minimum atomic E-state index is 0.0115. The van der Waals surface area contributed by atoms with Crippen LogP contribution < -0.4 is 5.32 Å². The number of rotatable bonds is 3. The number of nitrogens with zero attached hydrogens (tertiary/aromatic N) is 1. The molecule has 0 fully saturated rings. The first-order valence-corrected chi connectivity index (χ1v) is 4.57. The van der Waals surface area contributed by atoms with Gasteiger partial charge in [0.2, 0.25) is 0 Å². The molecule has 3 nitrogen and oxygen atoms in total. The molecule has 0 aliphatic heterocycles. The summed E-state index contributed by atoms with van der Waals surface area (Å²) >= 11 is 0. The van der Waals surface area contributed by atoms with Crippen LogP contribution in [0.25, 0.3) is 0 Å². The number of aliphatic hydroxyl groups is 1. The number of hydrogen-bond acceptors (Lipinski definition) is 3. The molecule has 0 amide bonds. The Morgan fingerprint density at radius 2 is 1.92 bits per heavy atom. The highest BCUT2D eigenvalue weighted by Gasteiger charge is 1.93. The number of nitrogens with one attached hydrogen (secondary N) is 1. The van der Waals surface area contributed by atoms with Crippen molar-refractivity contribution in [2.45, 2.75) is 27.0 Å². The largest absolute Gasteiger partial charge is 0.390 e. The molecule has 74 valence electrons. The van der Waals surface area contributed by atoms with E-state index in [1.54, 1.807) is 6.07 Å². The Morgan fingerprint density at radius 1 is 1.31 bits per heavy atom. The second-order valence-corrected chi connectivity index (χ2v) is 2.31. The normalized spacial score (nSPS) is 8.92. The molecule has 0 aliphatic rings. The fraction of sp³-hybridized carbons (Fsp3) is 0.500. The molecule has 13 heavy (non-hydrogen) atoms. The number of pyridine rings is 1. The molecule has 1 heterocycles. The van der Waals surface area contributed by atoms with Crippen molar-refractivity contribution in [2.75, 3.05) is 7.05 Å². The van der Waals surface area contributed by atoms with Crippen molar-refractivity contribution in [1.82, 2.24) is 10.3 Å². The van der Waals surface area contributed by atoms with Crippen LogP contribution in [0.3, 0.4) is 0 Å². The van der Waals surface area contributed by atoms with E-state index in [0.717, 1.165) is 17.9 Å². The molecule has 0 saturated heterocycles. The summed E-state index contributed by atoms with van der Waals surface area (Å²) in [7, 11) is 1.87. The van der Waals surface area contributed by atoms with E-state index in [1.807, 2.05) is 33.0 Å². The van der Waals surface area contributed by atoms with Crippen LogP contribution in [0.2, 0.25) is 0 Å². The van der Waals surface area contributed by atoms with Crippen LogP contribution in [-0.4, -0.2) is 17.1 Å². The number of aliphatic hydroxyl groups excluding tert-OH is 1. The van der Waals surface area contributed by atoms with Gasteiger partial charge in [0.15, 0.2) is 0 Å². The number of aromatic nitrogens is 1. The van der Waals surface area contributed by atoms with Crippen molar-refractivity contribution in [2.24, 2.45) is 0 Å². The molecule has 0 aromatic carbocycles. The highest BCUT2D eigenvalue weighted by atomic mass is 16.3. The third kappa shape index (κ3) is 4.60. The summed E-state index contributed by atoms with van der Waals surface area (Å²) in [6.07, 6.45) is 0. The van der Waals surface area contributed by atoms with E-state index in [1.165, 1.54) is 0 Å². The predicted molar refractivity (Wildman–Crippen MR) is 54.3 cm³/mol. The molecule has 1 aromatic rings. The van der Waals surface area contributed by atoms with Gasteiger partial charge in [-0.25, -0.2) is 0 Å². The predicted octanol–water partition coefficient (Wildman–Crippen LogP) is 1.32. The first-order chi connectivity index (χ1) is 6.36. The molecule has 1 aromatic heterocycles. The molecule has 0 spiro atoms. The van der Waals surface area contributed by atoms with Gasteiger partial charge < -0.3 is 10.4 Å². The van der Waals surface area contributed by atoms with Gasteiger partial charge in [0.25, 0.3) is 0 Å². The Labute approximate surface area is 79.8 Å². The molecule has 0 atom stereocenters. The van der Waals surface area contributed by atoms with Crippen molar-refractivity contribution in [3.63, 3.8) is 0 Å². The summed E-state index contributed by atoms with van der Waals surface area (Å²) in [5.74, 6) is 0. The molecule has 2 N–H and O–H groups in total. The molecule has 0 unspecified atom stereocenters. The third-order valence-corrected chi connectivity index (χ3v) is 1.38. The Balaban J connectivity index is 0.000000671. The lowest BCUT2D eigenvalue weighted by Gasteiger charge is -2.00. The number of hydrogen-bond donors (Lipinski definition) is 2. The topological polar surface area (TPSA) is 45.1 Å². The van der Waals surface area contributed by atoms with Crippen LogP contribution in [0.5, 0.6) is 0 Å². The van der Waals surface area contributed by atoms with E-state index in [0.29, 0.717) is 0 Å². The standard InChI is InChI=1S/C8H12N2O.C2H6/c1-9-5-7-3-2-4-8(6-11)10-7;1-2/h2-4,9,11H,5-6H2,1H3;1-2H3. The maximum atomic E-state index is 8.75. The van der Waals surface area contributed by atoms with Crippen LogP contribution in [0.15, 0.2) is 18.2 Å². The fourth-order valence-corrected chi connectivity index (χ4v) is 0.897. The van der Waals surface area contributed by atoms with Gasteiger partial charge in [-0.2, -0.15) is 0 Å². The van der Waals surface area contributed by atoms with E-state index >= 15 is 0 Å². The Hall–Kier alpha value is -0.930. The van der Waals surface area contributed by atoms with E-state index in [4.69, 9.17) is 5.11 Å². The van der Waals surface area contributed by atoms with E-state index in [2.05, 4.69) is 10.3 Å². The van der Waals surface area contributed by atoms with Crippen molar-refractivity contribution in [3.8, 4) is 0 Å². The van der Waals surface area contributed by atoms with Crippen molar-refractivity contribution >= 4 is 0 Å². The van der Waals surface area contributed by atoms with Gasteiger partial charge in [-0.1, -0.05) is 19.9 Å². The van der Waals surface area contributed by atoms with Gasteiger partial charge in [0, 0.05) is 6.54 Å². The van der Waals surface area contributed by atoms with Gasteiger partial charge in [0.1, 0.15) is 0 Å². The Morgan fingerprint density at radius 3 is 2.46 bits per heavy atom. The Bertz CT molecular complexity index is 226. The monoisotopic (exact) mass is 182 g/mol. The molecule has 0 aliphatic carbocycles. The van der Waals surface area contributed by atoms with Crippen LogP contribution >= 0.6 is 0 Å². The first-order valence-electron chi connectivity index (χ1n) is 4.57. The average Bonchev–Trinajstić information content (AvgIpc) is 2.22. The van der Waals surface area contributed by atoms with Gasteiger partial charge in [0.05, 0.1) is 18.0 Å². The zero-order valence-corrected chi connectivity index (χ0v) is 8.54. The highest BCUT2D eigenvalue weighted by molar-refractivity contribution is 5.10. The molecule has 0 radical (unpaired) electrons. The molecule has 0 bridgehead atoms. The van der Waals surface area contributed by atoms with Crippen molar-refractivity contribution in [1.29, 1.82) is 0 Å². The molecule has 3 heteroatoms. The van der Waals surface area contributed by atoms with E-state index in [-0.39, 0.29) is 6.61 Å². The van der Waals surface area contributed by atoms with Crippen molar-refractivity contribution in [3.05, 3.63) is 29.6 Å². The van der Waals surface area contributed by atoms with E-state index in [9.17, 15) is 0 Å². The second kappa shape index (κ2) is 7.71. The Kier molecular flexibility index (Phi) is 7.15. The smallest absolute Gasteiger partial charge is 0.0853 e. The summed E-state index contributed by atoms with van der Waals surface area (Å²) in [5, 5.41) is 11.7. The molecule has 1 rings (SSSR count). The zero-order valence-electron chi connectivity index (χ0n) is 8.54. The summed E-state index contributed by atoms with van der Waals surface area (Å²) in [5.41, 5.74) is 1.68. The van der Waals surface area contributed by atoms with Crippen LogP contribution in [0.4, 0.5) is 0 Å². The summed E-state index contributed by atoms with van der Waals surface area (Å²) in [4.78, 5) is 4.17. The molecule has 0 saturated carbocycles. The highest BCUT2D eigenvalue weighted by Crippen LogP contribution is 1.98. The van der Waals surface area contributed by atoms with Crippen LogP contribution in [-0.2, 0) is 13.2 Å². The average molecular weight is 182 g/mol. The van der Waals surface area contributed by atoms with E-state index < -0.39 is 0 Å². The van der Waals surface area contributed by atoms with Crippen LogP contribution in [0.1, 0.15) is 25.2 Å². The lowest BCUT2D eigenvalue weighted by Crippen LogP contribution is -2.07. The fourth-order valence-electron chi connectivity index (χ4n) is 0.897. The molecular formula is C10H18N2O. The first kappa shape index (κ1) is 12.1. The quantitative estimate of drug-likeness (QED) is 0.741. The SMILES string of the molecule is CC.CNCc1cccc(CO)n1. The third-order valence-electron chi connectivity index (χ3n) is 1.38. The van der Waals surface area contributed by atoms with Gasteiger partial charge in [-0.15, -0.1) is 0 Å². The van der Waals surface area contributed by atoms with Crippen LogP contribution in [0, 0.1) is 0 Å². The maximum Gasteiger partial charge on any atom is 0.0853 e. The van der Waals surface area contributed by atoms with Crippen molar-refractivity contribution < 1.29 is 5.11 Å². The van der Waals surface area contributed by atoms with Gasteiger partial charge in [-0.05, 0) is 19.2 Å². The lowest BCUT2D eigenvalue weighted by molar-refractivity contribution is 0.276. The lowest BCUT2D eigenvalue weighted by atomic mass is 10.3. The minimum absolute atomic E-state index is 0.0115. The summed E-state index contributed by atoms with van der Waals surface area (Å²) < 4.78 is 0. The van der Waals surface area contributed by atoms with Gasteiger partial charge >= 0.3 is 0 Å². The molecular weight excluding hydrogens is 164 g/mol. The summed E-state index contributed by atoms with van der Waals surface area (Å²) in [6.45, 7) is 4.76. The zero-order chi connectivity index (χ0) is 10.1. The minimum Gasteiger partial charge on any atom is -0.390 e. The second-order valence-electron chi connectivity index (χ2n) is 2.31. The summed E-state index contributed by atoms with van der Waals surface area (Å²) in [6, 6.07) is 5.63. The van der Waals surface area contributed by atoms with Gasteiger partial charge in [-0.3, -0.25) is 4.98 Å². The maximum absolute atomic E-state index is 8.75.